The summed E-state index contributed by atoms with van der Waals surface area (Å²) in [7, 11) is 1.58. The topological polar surface area (TPSA) is 61.8 Å². The maximum Gasteiger partial charge on any atom is 0.231 e. The van der Waals surface area contributed by atoms with Crippen molar-refractivity contribution in [1.29, 1.82) is 0 Å². The maximum atomic E-state index is 12.4. The first-order valence-corrected chi connectivity index (χ1v) is 9.07. The molecule has 0 saturated carbocycles. The lowest BCUT2D eigenvalue weighted by Crippen LogP contribution is -2.11. The molecule has 1 heterocycles. The van der Waals surface area contributed by atoms with E-state index in [4.69, 9.17) is 14.2 Å². The second-order valence-corrected chi connectivity index (χ2v) is 6.45. The van der Waals surface area contributed by atoms with Crippen LogP contribution in [0, 0.1) is 0 Å². The van der Waals surface area contributed by atoms with E-state index in [0.29, 0.717) is 28.4 Å². The molecular weight excluding hydrogens is 368 g/mol. The molecule has 0 amide bonds. The van der Waals surface area contributed by atoms with E-state index in [-0.39, 0.29) is 23.9 Å². The van der Waals surface area contributed by atoms with Crippen molar-refractivity contribution in [1.82, 2.24) is 0 Å². The number of ketones is 2. The molecule has 1 aliphatic heterocycles. The Bertz CT molecular complexity index is 1080. The number of para-hydroxylation sites is 1. The second-order valence-electron chi connectivity index (χ2n) is 6.45. The highest BCUT2D eigenvalue weighted by molar-refractivity contribution is 6.14. The minimum Gasteiger partial charge on any atom is -0.497 e. The average molecular weight is 386 g/mol. The van der Waals surface area contributed by atoms with Crippen LogP contribution in [0.25, 0.3) is 6.08 Å². The molecule has 0 atom stereocenters. The molecular formula is C24H18O5. The molecule has 3 aromatic rings. The standard InChI is InChI=1S/C24H18O5/c1-27-18-12-8-17(9-13-18)21(25)15-28-19-10-6-16(7-11-19)14-23-24(26)20-4-2-3-5-22(20)29-23/h2-14H,15H2,1H3/b23-14-. The van der Waals surface area contributed by atoms with Gasteiger partial charge in [0.15, 0.2) is 18.1 Å². The van der Waals surface area contributed by atoms with Gasteiger partial charge in [-0.3, -0.25) is 9.59 Å². The minimum absolute atomic E-state index is 0.0658. The Morgan fingerprint density at radius 3 is 2.31 bits per heavy atom. The molecule has 0 saturated heterocycles. The predicted octanol–water partition coefficient (Wildman–Crippen LogP) is 4.57. The molecule has 3 aromatic carbocycles. The Labute approximate surface area is 168 Å². The number of ether oxygens (including phenoxy) is 3. The van der Waals surface area contributed by atoms with Gasteiger partial charge in [-0.25, -0.2) is 0 Å². The largest absolute Gasteiger partial charge is 0.497 e. The number of methoxy groups -OCH3 is 1. The van der Waals surface area contributed by atoms with Gasteiger partial charge in [0.25, 0.3) is 0 Å². The molecule has 0 bridgehead atoms. The summed E-state index contributed by atoms with van der Waals surface area (Å²) in [5.74, 6) is 1.86. The van der Waals surface area contributed by atoms with Crippen LogP contribution in [0.15, 0.2) is 78.6 Å². The van der Waals surface area contributed by atoms with Gasteiger partial charge in [0.05, 0.1) is 12.7 Å². The van der Waals surface area contributed by atoms with E-state index in [1.165, 1.54) is 0 Å². The van der Waals surface area contributed by atoms with Gasteiger partial charge < -0.3 is 14.2 Å². The number of carbonyl (C=O) groups is 2. The predicted molar refractivity (Wildman–Crippen MR) is 109 cm³/mol. The summed E-state index contributed by atoms with van der Waals surface area (Å²) in [6.45, 7) is -0.0658. The van der Waals surface area contributed by atoms with Crippen LogP contribution in [0.3, 0.4) is 0 Å². The number of hydrogen-bond acceptors (Lipinski definition) is 5. The molecule has 5 heteroatoms. The molecule has 0 aromatic heterocycles. The van der Waals surface area contributed by atoms with E-state index < -0.39 is 0 Å². The van der Waals surface area contributed by atoms with E-state index in [1.807, 2.05) is 12.1 Å². The highest BCUT2D eigenvalue weighted by atomic mass is 16.5. The summed E-state index contributed by atoms with van der Waals surface area (Å²) in [4.78, 5) is 24.6. The minimum atomic E-state index is -0.133. The SMILES string of the molecule is COc1ccc(C(=O)COc2ccc(/C=C3\Oc4ccccc4C3=O)cc2)cc1. The van der Waals surface area contributed by atoms with Crippen molar-refractivity contribution in [3.05, 3.63) is 95.2 Å². The number of hydrogen-bond donors (Lipinski definition) is 0. The van der Waals surface area contributed by atoms with E-state index in [1.54, 1.807) is 73.8 Å². The molecule has 0 aliphatic carbocycles. The van der Waals surface area contributed by atoms with Gasteiger partial charge in [0.1, 0.15) is 17.2 Å². The van der Waals surface area contributed by atoms with Gasteiger partial charge in [-0.05, 0) is 60.2 Å². The monoisotopic (exact) mass is 386 g/mol. The number of rotatable bonds is 6. The summed E-state index contributed by atoms with van der Waals surface area (Å²) in [5.41, 5.74) is 1.93. The van der Waals surface area contributed by atoms with Crippen LogP contribution >= 0.6 is 0 Å². The van der Waals surface area contributed by atoms with Gasteiger partial charge in [0, 0.05) is 5.56 Å². The van der Waals surface area contributed by atoms with Gasteiger partial charge in [0.2, 0.25) is 5.78 Å². The third kappa shape index (κ3) is 4.04. The molecule has 1 aliphatic rings. The first-order chi connectivity index (χ1) is 14.1. The highest BCUT2D eigenvalue weighted by Crippen LogP contribution is 2.31. The van der Waals surface area contributed by atoms with Crippen molar-refractivity contribution in [3.63, 3.8) is 0 Å². The van der Waals surface area contributed by atoms with Crippen molar-refractivity contribution < 1.29 is 23.8 Å². The van der Waals surface area contributed by atoms with Gasteiger partial charge in [-0.15, -0.1) is 0 Å². The molecule has 5 nitrogen and oxygen atoms in total. The third-order valence-electron chi connectivity index (χ3n) is 4.54. The number of fused-ring (bicyclic) bond motifs is 1. The number of benzene rings is 3. The smallest absolute Gasteiger partial charge is 0.231 e. The fourth-order valence-corrected chi connectivity index (χ4v) is 2.96. The van der Waals surface area contributed by atoms with Crippen LogP contribution in [0.2, 0.25) is 0 Å². The zero-order chi connectivity index (χ0) is 20.2. The zero-order valence-corrected chi connectivity index (χ0v) is 15.8. The molecule has 0 N–H and O–H groups in total. The number of Topliss-reactive ketones (excluding diaryl/α,β-unsaturated/α-hetero) is 2. The highest BCUT2D eigenvalue weighted by Gasteiger charge is 2.26. The van der Waals surface area contributed by atoms with E-state index >= 15 is 0 Å². The van der Waals surface area contributed by atoms with Gasteiger partial charge >= 0.3 is 0 Å². The summed E-state index contributed by atoms with van der Waals surface area (Å²) in [6.07, 6.45) is 1.69. The summed E-state index contributed by atoms with van der Waals surface area (Å²) >= 11 is 0. The van der Waals surface area contributed by atoms with Crippen LogP contribution in [0.5, 0.6) is 17.2 Å². The summed E-state index contributed by atoms with van der Waals surface area (Å²) in [5, 5.41) is 0. The van der Waals surface area contributed by atoms with Crippen LogP contribution in [0.1, 0.15) is 26.3 Å². The molecule has 29 heavy (non-hydrogen) atoms. The zero-order valence-electron chi connectivity index (χ0n) is 15.8. The van der Waals surface area contributed by atoms with E-state index in [9.17, 15) is 9.59 Å². The third-order valence-corrected chi connectivity index (χ3v) is 4.54. The Kier molecular flexibility index (Phi) is 5.12. The normalized spacial score (nSPS) is 13.7. The number of carbonyl (C=O) groups excluding carboxylic acids is 2. The van der Waals surface area contributed by atoms with Crippen molar-refractivity contribution in [3.8, 4) is 17.2 Å². The molecule has 0 radical (unpaired) electrons. The first-order valence-electron chi connectivity index (χ1n) is 9.07. The Hall–Kier alpha value is -3.86. The molecule has 0 fully saturated rings. The van der Waals surface area contributed by atoms with Gasteiger partial charge in [-0.1, -0.05) is 24.3 Å². The van der Waals surface area contributed by atoms with Crippen LogP contribution < -0.4 is 14.2 Å². The van der Waals surface area contributed by atoms with Crippen LogP contribution in [-0.2, 0) is 0 Å². The molecule has 0 spiro atoms. The lowest BCUT2D eigenvalue weighted by atomic mass is 10.1. The number of allylic oxidation sites excluding steroid dienone is 1. The van der Waals surface area contributed by atoms with Crippen LogP contribution in [0.4, 0.5) is 0 Å². The molecule has 4 rings (SSSR count). The quantitative estimate of drug-likeness (QED) is 0.459. The fourth-order valence-electron chi connectivity index (χ4n) is 2.96. The lowest BCUT2D eigenvalue weighted by molar-refractivity contribution is 0.0921. The summed E-state index contributed by atoms with van der Waals surface area (Å²) in [6, 6.07) is 21.1. The fraction of sp³-hybridized carbons (Fsp3) is 0.0833. The second kappa shape index (κ2) is 8.02. The average Bonchev–Trinajstić information content (AvgIpc) is 3.08. The Morgan fingerprint density at radius 2 is 1.62 bits per heavy atom. The Balaban J connectivity index is 1.38. The maximum absolute atomic E-state index is 12.4. The van der Waals surface area contributed by atoms with E-state index in [0.717, 1.165) is 5.56 Å². The van der Waals surface area contributed by atoms with Crippen molar-refractivity contribution >= 4 is 17.6 Å². The van der Waals surface area contributed by atoms with Crippen molar-refractivity contribution in [2.75, 3.05) is 13.7 Å². The summed E-state index contributed by atoms with van der Waals surface area (Å²) < 4.78 is 16.3. The van der Waals surface area contributed by atoms with Crippen molar-refractivity contribution in [2.45, 2.75) is 0 Å². The van der Waals surface area contributed by atoms with Crippen LogP contribution in [-0.4, -0.2) is 25.3 Å². The Morgan fingerprint density at radius 1 is 0.931 bits per heavy atom. The van der Waals surface area contributed by atoms with Gasteiger partial charge in [-0.2, -0.15) is 0 Å². The van der Waals surface area contributed by atoms with E-state index in [2.05, 4.69) is 0 Å². The lowest BCUT2D eigenvalue weighted by Gasteiger charge is -2.07. The molecule has 144 valence electrons. The first kappa shape index (κ1) is 18.5. The van der Waals surface area contributed by atoms with Crippen molar-refractivity contribution in [2.24, 2.45) is 0 Å². The molecule has 0 unspecified atom stereocenters.